The minimum absolute atomic E-state index is 0.0580. The Kier molecular flexibility index (Phi) is 3.30. The molecule has 1 aromatic carbocycles. The van der Waals surface area contributed by atoms with Crippen molar-refractivity contribution in [3.63, 3.8) is 0 Å². The Morgan fingerprint density at radius 2 is 2.20 bits per heavy atom. The molecule has 1 saturated heterocycles. The number of hydrogen-bond donors (Lipinski definition) is 1. The molecule has 0 spiro atoms. The predicted octanol–water partition coefficient (Wildman–Crippen LogP) is 2.24. The molecule has 3 rings (SSSR count). The van der Waals surface area contributed by atoms with Gasteiger partial charge < -0.3 is 10.6 Å². The molecule has 1 aromatic heterocycles. The van der Waals surface area contributed by atoms with E-state index in [-0.39, 0.29) is 11.8 Å². The van der Waals surface area contributed by atoms with Crippen molar-refractivity contribution in [2.75, 3.05) is 18.0 Å². The van der Waals surface area contributed by atoms with E-state index in [1.54, 1.807) is 0 Å². The number of anilines is 1. The number of nitrogens with zero attached hydrogens (tertiary/aromatic N) is 2. The van der Waals surface area contributed by atoms with Crippen molar-refractivity contribution in [2.24, 2.45) is 11.7 Å². The van der Waals surface area contributed by atoms with Gasteiger partial charge in [-0.15, -0.1) is 0 Å². The van der Waals surface area contributed by atoms with Crippen LogP contribution in [0.1, 0.15) is 18.4 Å². The Bertz CT molecular complexity index is 653. The maximum Gasteiger partial charge on any atom is 0.222 e. The van der Waals surface area contributed by atoms with Crippen LogP contribution in [0.25, 0.3) is 10.9 Å². The summed E-state index contributed by atoms with van der Waals surface area (Å²) in [4.78, 5) is 18.3. The minimum Gasteiger partial charge on any atom is -0.369 e. The summed E-state index contributed by atoms with van der Waals surface area (Å²) >= 11 is 0. The van der Waals surface area contributed by atoms with E-state index in [0.717, 1.165) is 30.7 Å². The number of carbonyl (C=O) groups excluding carboxylic acids is 1. The number of benzene rings is 1. The van der Waals surface area contributed by atoms with Crippen LogP contribution >= 0.6 is 0 Å². The lowest BCUT2D eigenvalue weighted by atomic mass is 9.97. The van der Waals surface area contributed by atoms with E-state index in [2.05, 4.69) is 24.0 Å². The van der Waals surface area contributed by atoms with E-state index >= 15 is 0 Å². The smallest absolute Gasteiger partial charge is 0.222 e. The molecule has 1 unspecified atom stereocenters. The first-order valence-corrected chi connectivity index (χ1v) is 7.06. The Morgan fingerprint density at radius 3 is 3.00 bits per heavy atom. The van der Waals surface area contributed by atoms with Gasteiger partial charge in [-0.05, 0) is 37.5 Å². The van der Waals surface area contributed by atoms with E-state index in [0.29, 0.717) is 6.54 Å². The molecule has 2 heterocycles. The average molecular weight is 269 g/mol. The van der Waals surface area contributed by atoms with Gasteiger partial charge in [0, 0.05) is 18.5 Å². The Morgan fingerprint density at radius 1 is 1.40 bits per heavy atom. The molecule has 1 aliphatic heterocycles. The zero-order chi connectivity index (χ0) is 14.1. The van der Waals surface area contributed by atoms with Gasteiger partial charge in [-0.25, -0.2) is 4.98 Å². The number of fused-ring (bicyclic) bond motifs is 1. The molecular weight excluding hydrogens is 250 g/mol. The minimum atomic E-state index is -0.202. The fourth-order valence-corrected chi connectivity index (χ4v) is 2.91. The fourth-order valence-electron chi connectivity index (χ4n) is 2.91. The highest BCUT2D eigenvalue weighted by atomic mass is 16.1. The molecule has 1 aliphatic rings. The van der Waals surface area contributed by atoms with Crippen LogP contribution in [-0.4, -0.2) is 24.0 Å². The maximum atomic E-state index is 11.4. The first-order valence-electron chi connectivity index (χ1n) is 7.06. The third-order valence-corrected chi connectivity index (χ3v) is 4.06. The number of para-hydroxylation sites is 1. The van der Waals surface area contributed by atoms with Crippen LogP contribution in [0.2, 0.25) is 0 Å². The summed E-state index contributed by atoms with van der Waals surface area (Å²) in [5, 5.41) is 1.18. The normalized spacial score (nSPS) is 19.2. The average Bonchev–Trinajstić information content (AvgIpc) is 2.47. The molecule has 4 nitrogen and oxygen atoms in total. The molecule has 1 atom stereocenters. The lowest BCUT2D eigenvalue weighted by Gasteiger charge is -2.32. The summed E-state index contributed by atoms with van der Waals surface area (Å²) in [5.41, 5.74) is 7.66. The summed E-state index contributed by atoms with van der Waals surface area (Å²) in [6.07, 6.45) is 1.87. The zero-order valence-corrected chi connectivity index (χ0v) is 11.7. The lowest BCUT2D eigenvalue weighted by Crippen LogP contribution is -2.41. The summed E-state index contributed by atoms with van der Waals surface area (Å²) in [6, 6.07) is 10.2. The highest BCUT2D eigenvalue weighted by Crippen LogP contribution is 2.26. The van der Waals surface area contributed by atoms with Gasteiger partial charge in [-0.3, -0.25) is 4.79 Å². The monoisotopic (exact) mass is 269 g/mol. The second-order valence-corrected chi connectivity index (χ2v) is 5.50. The van der Waals surface area contributed by atoms with E-state index in [1.165, 1.54) is 10.9 Å². The second kappa shape index (κ2) is 5.12. The fraction of sp³-hybridized carbons (Fsp3) is 0.375. The van der Waals surface area contributed by atoms with Gasteiger partial charge in [0.15, 0.2) is 0 Å². The number of nitrogens with two attached hydrogens (primary N) is 1. The molecule has 0 saturated carbocycles. The first kappa shape index (κ1) is 12.9. The van der Waals surface area contributed by atoms with Crippen molar-refractivity contribution in [2.45, 2.75) is 19.8 Å². The number of pyridine rings is 1. The number of primary amides is 1. The van der Waals surface area contributed by atoms with Crippen LogP contribution in [-0.2, 0) is 4.79 Å². The number of piperidine rings is 1. The molecular formula is C16H19N3O. The Labute approximate surface area is 118 Å². The van der Waals surface area contributed by atoms with Crippen LogP contribution in [0, 0.1) is 12.8 Å². The number of aromatic nitrogens is 1. The second-order valence-electron chi connectivity index (χ2n) is 5.50. The molecule has 2 aromatic rings. The number of rotatable bonds is 2. The molecule has 2 N–H and O–H groups in total. The summed E-state index contributed by atoms with van der Waals surface area (Å²) in [5.74, 6) is 0.691. The van der Waals surface area contributed by atoms with Gasteiger partial charge >= 0.3 is 0 Å². The van der Waals surface area contributed by atoms with Gasteiger partial charge in [-0.1, -0.05) is 18.2 Å². The van der Waals surface area contributed by atoms with E-state index in [9.17, 15) is 4.79 Å². The van der Waals surface area contributed by atoms with E-state index in [4.69, 9.17) is 10.7 Å². The van der Waals surface area contributed by atoms with Gasteiger partial charge in [0.2, 0.25) is 5.91 Å². The van der Waals surface area contributed by atoms with Crippen molar-refractivity contribution in [1.29, 1.82) is 0 Å². The quantitative estimate of drug-likeness (QED) is 0.909. The van der Waals surface area contributed by atoms with Crippen LogP contribution in [0.5, 0.6) is 0 Å². The van der Waals surface area contributed by atoms with Crippen LogP contribution in [0.3, 0.4) is 0 Å². The lowest BCUT2D eigenvalue weighted by molar-refractivity contribution is -0.122. The third-order valence-electron chi connectivity index (χ3n) is 4.06. The number of amides is 1. The van der Waals surface area contributed by atoms with Crippen molar-refractivity contribution in [3.05, 3.63) is 35.9 Å². The highest BCUT2D eigenvalue weighted by Gasteiger charge is 2.25. The first-order chi connectivity index (χ1) is 9.65. The van der Waals surface area contributed by atoms with Crippen molar-refractivity contribution in [3.8, 4) is 0 Å². The number of aryl methyl sites for hydroxylation is 1. The van der Waals surface area contributed by atoms with Crippen molar-refractivity contribution < 1.29 is 4.79 Å². The largest absolute Gasteiger partial charge is 0.369 e. The highest BCUT2D eigenvalue weighted by molar-refractivity contribution is 5.84. The molecule has 0 radical (unpaired) electrons. The summed E-state index contributed by atoms with van der Waals surface area (Å²) in [7, 11) is 0. The van der Waals surface area contributed by atoms with Crippen LogP contribution in [0.15, 0.2) is 30.3 Å². The molecule has 104 valence electrons. The van der Waals surface area contributed by atoms with Crippen molar-refractivity contribution in [1.82, 2.24) is 4.98 Å². The molecule has 4 heteroatoms. The predicted molar refractivity (Wildman–Crippen MR) is 80.6 cm³/mol. The number of hydrogen-bond acceptors (Lipinski definition) is 3. The molecule has 0 aliphatic carbocycles. The van der Waals surface area contributed by atoms with Gasteiger partial charge in [0.1, 0.15) is 5.82 Å². The standard InChI is InChI=1S/C16H19N3O/c1-11-9-15(18-14-7-3-2-6-13(11)14)19-8-4-5-12(10-19)16(17)20/h2-3,6-7,9,12H,4-5,8,10H2,1H3,(H2,17,20). The third kappa shape index (κ3) is 2.33. The molecule has 1 fully saturated rings. The van der Waals surface area contributed by atoms with E-state index < -0.39 is 0 Å². The molecule has 20 heavy (non-hydrogen) atoms. The topological polar surface area (TPSA) is 59.2 Å². The molecule has 1 amide bonds. The van der Waals surface area contributed by atoms with Crippen LogP contribution in [0.4, 0.5) is 5.82 Å². The molecule has 0 bridgehead atoms. The van der Waals surface area contributed by atoms with Crippen LogP contribution < -0.4 is 10.6 Å². The number of carbonyl (C=O) groups is 1. The summed E-state index contributed by atoms with van der Waals surface area (Å²) < 4.78 is 0. The van der Waals surface area contributed by atoms with Gasteiger partial charge in [-0.2, -0.15) is 0 Å². The van der Waals surface area contributed by atoms with Gasteiger partial charge in [0.05, 0.1) is 11.4 Å². The van der Waals surface area contributed by atoms with Gasteiger partial charge in [0.25, 0.3) is 0 Å². The Balaban J connectivity index is 1.95. The van der Waals surface area contributed by atoms with E-state index in [1.807, 2.05) is 18.2 Å². The summed E-state index contributed by atoms with van der Waals surface area (Å²) in [6.45, 7) is 3.72. The van der Waals surface area contributed by atoms with Crippen molar-refractivity contribution >= 4 is 22.6 Å². The SMILES string of the molecule is Cc1cc(N2CCCC(C(N)=O)C2)nc2ccccc12. The maximum absolute atomic E-state index is 11.4. The zero-order valence-electron chi connectivity index (χ0n) is 11.7. The Hall–Kier alpha value is -2.10.